The Bertz CT molecular complexity index is 2670. The van der Waals surface area contributed by atoms with E-state index in [1.807, 2.05) is 97.3 Å². The molecule has 1 unspecified atom stereocenters. The summed E-state index contributed by atoms with van der Waals surface area (Å²) in [4.78, 5) is 14.6. The van der Waals surface area contributed by atoms with Crippen LogP contribution in [0.5, 0.6) is 0 Å². The third-order valence-electron chi connectivity index (χ3n) is 11.0. The van der Waals surface area contributed by atoms with Gasteiger partial charge in [0.05, 0.1) is 16.8 Å². The van der Waals surface area contributed by atoms with Gasteiger partial charge in [0.2, 0.25) is 0 Å². The zero-order valence-corrected chi connectivity index (χ0v) is 36.3. The predicted octanol–water partition coefficient (Wildman–Crippen LogP) is 13.3. The van der Waals surface area contributed by atoms with E-state index in [1.54, 1.807) is 0 Å². The van der Waals surface area contributed by atoms with Crippen LogP contribution in [0.3, 0.4) is 0 Å². The summed E-state index contributed by atoms with van der Waals surface area (Å²) in [5.74, 6) is 0. The normalized spacial score (nSPS) is 11.9. The number of pyridine rings is 3. The van der Waals surface area contributed by atoms with Crippen molar-refractivity contribution in [1.82, 2.24) is 15.0 Å². The number of hydrogen-bond acceptors (Lipinski definition) is 3. The fourth-order valence-electron chi connectivity index (χ4n) is 7.41. The molecule has 0 aliphatic carbocycles. The summed E-state index contributed by atoms with van der Waals surface area (Å²) >= 11 is 0. The average molecular weight is 951 g/mol. The molecule has 292 valence electrons. The molecular weight excluding hydrogens is 907 g/mol. The van der Waals surface area contributed by atoms with Crippen LogP contribution in [0.15, 0.2) is 213 Å². The van der Waals surface area contributed by atoms with Crippen molar-refractivity contribution in [3.05, 3.63) is 259 Å². The van der Waals surface area contributed by atoms with Crippen LogP contribution in [-0.2, 0) is 30.9 Å². The number of nitrogens with zero attached hydrogens (tertiary/aromatic N) is 3. The summed E-state index contributed by atoms with van der Waals surface area (Å²) in [6, 6.07) is 78.7. The minimum absolute atomic E-state index is 0. The van der Waals surface area contributed by atoms with E-state index < -0.39 is 5.41 Å². The molecule has 9 aromatic rings. The Kier molecular flexibility index (Phi) is 13.2. The molecule has 0 aliphatic heterocycles. The number of benzene rings is 6. The van der Waals surface area contributed by atoms with Crippen LogP contribution in [0.4, 0.5) is 0 Å². The molecule has 3 nitrogen and oxygen atoms in total. The third-order valence-corrected chi connectivity index (χ3v) is 11.0. The van der Waals surface area contributed by atoms with Gasteiger partial charge in [0.25, 0.3) is 0 Å². The number of rotatable bonds is 9. The first-order valence-electron chi connectivity index (χ1n) is 19.9. The summed E-state index contributed by atoms with van der Waals surface area (Å²) < 4.78 is 0. The van der Waals surface area contributed by atoms with Gasteiger partial charge >= 0.3 is 20.1 Å². The molecule has 0 N–H and O–H groups in total. The number of aromatic nitrogens is 3. The minimum atomic E-state index is -0.617. The second kappa shape index (κ2) is 19.0. The largest absolute Gasteiger partial charge is 3.00 e. The fourth-order valence-corrected chi connectivity index (χ4v) is 7.41. The van der Waals surface area contributed by atoms with E-state index in [-0.39, 0.29) is 25.5 Å². The Morgan fingerprint density at radius 2 is 0.950 bits per heavy atom. The topological polar surface area (TPSA) is 38.7 Å². The molecule has 9 rings (SSSR count). The molecule has 3 heterocycles. The molecule has 0 spiro atoms. The molecule has 0 saturated heterocycles. The predicted molar refractivity (Wildman–Crippen MR) is 242 cm³/mol. The summed E-state index contributed by atoms with van der Waals surface area (Å²) in [6.45, 7) is 6.61. The average Bonchev–Trinajstić information content (AvgIpc) is 3.33. The first-order chi connectivity index (χ1) is 28.9. The SMILES string of the molecule is CC(C)(c1[c-]cccc1)c1cccc(C(C)(c2[c-]ccc(-c3ccc(-c4ccccc4)cc3)c2)c2ccccn2)n1.[Ir+3].[c-]1ccccc1-c1cc(-c2ccccc2)ccn1. The summed E-state index contributed by atoms with van der Waals surface area (Å²) in [6.07, 6.45) is 3.70. The first kappa shape index (κ1) is 41.6. The van der Waals surface area contributed by atoms with Gasteiger partial charge in [-0.25, -0.2) is 0 Å². The van der Waals surface area contributed by atoms with Crippen molar-refractivity contribution in [3.8, 4) is 44.6 Å². The van der Waals surface area contributed by atoms with Crippen LogP contribution in [0.2, 0.25) is 0 Å². The molecule has 4 heteroatoms. The van der Waals surface area contributed by atoms with Gasteiger partial charge in [-0.2, -0.15) is 60.2 Å². The van der Waals surface area contributed by atoms with E-state index in [0.717, 1.165) is 50.6 Å². The van der Waals surface area contributed by atoms with Gasteiger partial charge in [-0.3, -0.25) is 9.97 Å². The maximum Gasteiger partial charge on any atom is 3.00 e. The van der Waals surface area contributed by atoms with Gasteiger partial charge in [-0.05, 0) is 70.8 Å². The van der Waals surface area contributed by atoms with Crippen LogP contribution in [-0.4, -0.2) is 15.0 Å². The van der Waals surface area contributed by atoms with Gasteiger partial charge in [0.1, 0.15) is 0 Å². The van der Waals surface area contributed by atoms with Gasteiger partial charge in [-0.1, -0.05) is 117 Å². The van der Waals surface area contributed by atoms with E-state index >= 15 is 0 Å². The summed E-state index contributed by atoms with van der Waals surface area (Å²) in [7, 11) is 0. The van der Waals surface area contributed by atoms with Crippen molar-refractivity contribution in [2.24, 2.45) is 0 Å². The molecular formula is C56H44IrN3. The molecule has 1 atom stereocenters. The molecule has 60 heavy (non-hydrogen) atoms. The quantitative estimate of drug-likeness (QED) is 0.135. The standard InChI is InChI=1S/C39H32N2.C17H12N.Ir/c1-38(2,33-17-8-5-9-18-33)35-21-13-22-37(41-35)39(3,36-20-10-11-27-40-36)34-19-12-16-32(28-34)31-25-23-30(24-26-31)29-14-6-4-7-15-29;1-3-7-14(8-4-1)16-11-12-18-17(13-16)15-9-5-2-6-10-15;/h4-17,20-28H,1-3H3;1-9,11-13H;/q-2;-1;+3. The molecule has 0 fully saturated rings. The van der Waals surface area contributed by atoms with Crippen LogP contribution in [0.25, 0.3) is 44.6 Å². The Labute approximate surface area is 368 Å². The summed E-state index contributed by atoms with van der Waals surface area (Å²) in [5, 5.41) is 0. The van der Waals surface area contributed by atoms with Crippen LogP contribution in [0.1, 0.15) is 49.0 Å². The molecule has 0 aliphatic rings. The Morgan fingerprint density at radius 1 is 0.383 bits per heavy atom. The van der Waals surface area contributed by atoms with Crippen molar-refractivity contribution >= 4 is 0 Å². The van der Waals surface area contributed by atoms with Crippen LogP contribution < -0.4 is 0 Å². The number of hydrogen-bond donors (Lipinski definition) is 0. The van der Waals surface area contributed by atoms with Crippen molar-refractivity contribution in [1.29, 1.82) is 0 Å². The molecule has 0 saturated carbocycles. The Hall–Kier alpha value is -6.58. The molecule has 3 aromatic heterocycles. The maximum absolute atomic E-state index is 5.31. The molecule has 0 amide bonds. The van der Waals surface area contributed by atoms with Crippen molar-refractivity contribution in [2.45, 2.75) is 31.6 Å². The van der Waals surface area contributed by atoms with E-state index in [9.17, 15) is 0 Å². The van der Waals surface area contributed by atoms with E-state index in [2.05, 4.69) is 159 Å². The van der Waals surface area contributed by atoms with E-state index in [0.29, 0.717) is 0 Å². The smallest absolute Gasteiger partial charge is 0.305 e. The van der Waals surface area contributed by atoms with Crippen LogP contribution in [0, 0.1) is 18.2 Å². The fraction of sp³-hybridized carbons (Fsp3) is 0.0893. The van der Waals surface area contributed by atoms with Gasteiger partial charge in [0.15, 0.2) is 0 Å². The zero-order chi connectivity index (χ0) is 40.5. The van der Waals surface area contributed by atoms with Gasteiger partial charge in [0, 0.05) is 23.5 Å². The van der Waals surface area contributed by atoms with Gasteiger partial charge < -0.3 is 4.98 Å². The third kappa shape index (κ3) is 9.17. The van der Waals surface area contributed by atoms with Crippen molar-refractivity contribution < 1.29 is 20.1 Å². The van der Waals surface area contributed by atoms with Crippen LogP contribution >= 0.6 is 0 Å². The maximum atomic E-state index is 5.31. The molecule has 0 bridgehead atoms. The Balaban J connectivity index is 0.000000239. The minimum Gasteiger partial charge on any atom is -0.305 e. The molecule has 0 radical (unpaired) electrons. The van der Waals surface area contributed by atoms with E-state index in [1.165, 1.54) is 22.3 Å². The second-order valence-corrected chi connectivity index (χ2v) is 15.2. The van der Waals surface area contributed by atoms with Crippen molar-refractivity contribution in [2.75, 3.05) is 0 Å². The second-order valence-electron chi connectivity index (χ2n) is 15.2. The summed E-state index contributed by atoms with van der Waals surface area (Å²) in [5.41, 5.74) is 13.1. The van der Waals surface area contributed by atoms with Crippen molar-refractivity contribution in [3.63, 3.8) is 0 Å². The molecule has 6 aromatic carbocycles. The Morgan fingerprint density at radius 3 is 1.60 bits per heavy atom. The zero-order valence-electron chi connectivity index (χ0n) is 33.9. The monoisotopic (exact) mass is 951 g/mol. The van der Waals surface area contributed by atoms with E-state index in [4.69, 9.17) is 9.97 Å². The first-order valence-corrected chi connectivity index (χ1v) is 19.9. The van der Waals surface area contributed by atoms with Gasteiger partial charge in [-0.15, -0.1) is 47.0 Å².